The molecule has 5 N–H and O–H groups in total. The summed E-state index contributed by atoms with van der Waals surface area (Å²) in [7, 11) is 0. The molecule has 9 nitrogen and oxygen atoms in total. The molecule has 2 saturated carbocycles. The smallest absolute Gasteiger partial charge is 0.191 e. The number of halogens is 2. The fourth-order valence-corrected chi connectivity index (χ4v) is 5.88. The normalized spacial score (nSPS) is 29.3. The number of ether oxygens (including phenoxy) is 3. The number of hydrogen-bond donors (Lipinski definition) is 4. The van der Waals surface area contributed by atoms with Crippen molar-refractivity contribution in [2.24, 2.45) is 0 Å². The number of anilines is 3. The highest BCUT2D eigenvalue weighted by Gasteiger charge is 2.55. The lowest BCUT2D eigenvalue weighted by Crippen LogP contribution is -2.35. The average Bonchev–Trinajstić information content (AvgIpc) is 3.47. The third-order valence-electron chi connectivity index (χ3n) is 7.00. The lowest BCUT2D eigenvalue weighted by Gasteiger charge is -2.25. The topological polar surface area (TPSA) is 124 Å². The van der Waals surface area contributed by atoms with Crippen LogP contribution in [0, 0.1) is 11.6 Å². The maximum Gasteiger partial charge on any atom is 0.191 e. The number of hydrogen-bond acceptors (Lipinski definition) is 10. The molecule has 6 atom stereocenters. The van der Waals surface area contributed by atoms with Crippen molar-refractivity contribution in [2.45, 2.75) is 87.3 Å². The minimum Gasteiger partial charge on any atom is -0.394 e. The van der Waals surface area contributed by atoms with Crippen LogP contribution in [-0.4, -0.2) is 70.2 Å². The molecule has 2 aliphatic carbocycles. The van der Waals surface area contributed by atoms with Crippen LogP contribution in [0.5, 0.6) is 0 Å². The Morgan fingerprint density at radius 3 is 2.50 bits per heavy atom. The molecule has 208 valence electrons. The molecule has 12 heteroatoms. The van der Waals surface area contributed by atoms with Crippen molar-refractivity contribution in [3.05, 3.63) is 35.4 Å². The van der Waals surface area contributed by atoms with Crippen LogP contribution in [-0.2, 0) is 14.2 Å². The summed E-state index contributed by atoms with van der Waals surface area (Å²) in [4.78, 5) is 9.37. The van der Waals surface area contributed by atoms with Gasteiger partial charge < -0.3 is 35.7 Å². The molecule has 2 heterocycles. The number of nitrogens with zero attached hydrogens (tertiary/aromatic N) is 2. The van der Waals surface area contributed by atoms with Gasteiger partial charge in [-0.3, -0.25) is 0 Å². The Morgan fingerprint density at radius 1 is 1.11 bits per heavy atom. The van der Waals surface area contributed by atoms with Gasteiger partial charge >= 0.3 is 0 Å². The van der Waals surface area contributed by atoms with E-state index in [9.17, 15) is 13.9 Å². The van der Waals surface area contributed by atoms with Crippen molar-refractivity contribution in [3.63, 3.8) is 0 Å². The second-order valence-corrected chi connectivity index (χ2v) is 11.5. The number of rotatable bonds is 11. The summed E-state index contributed by atoms with van der Waals surface area (Å²) in [5, 5.41) is 16.7. The molecule has 5 rings (SSSR count). The van der Waals surface area contributed by atoms with E-state index in [0.29, 0.717) is 28.9 Å². The standard InChI is InChI=1S/C26H35F2N5O4S/c1-4-9-38-25-32-23(30-17-11-14(17)13-5-6-15(27)16(28)10-13)20(29)24(33-25)31-18-12-19(35-8-7-34)22-21(18)36-26(2,3)37-22/h5-6,10,14,17-19,21-22,34H,4,7-9,11-12,29H2,1-3H3,(H2,30,31,32,33)/t14-,17+,18?,19-,21-,22+/m0/s1. The zero-order valence-corrected chi connectivity index (χ0v) is 22.6. The third-order valence-corrected chi connectivity index (χ3v) is 8.06. The Kier molecular flexibility index (Phi) is 7.97. The van der Waals surface area contributed by atoms with Crippen LogP contribution in [0.2, 0.25) is 0 Å². The summed E-state index contributed by atoms with van der Waals surface area (Å²) in [6.45, 7) is 5.96. The third kappa shape index (κ3) is 5.84. The van der Waals surface area contributed by atoms with E-state index in [1.807, 2.05) is 13.8 Å². The molecule has 0 radical (unpaired) electrons. The monoisotopic (exact) mass is 551 g/mol. The zero-order valence-electron chi connectivity index (χ0n) is 21.7. The Balaban J connectivity index is 1.35. The van der Waals surface area contributed by atoms with E-state index in [-0.39, 0.29) is 49.5 Å². The van der Waals surface area contributed by atoms with Crippen LogP contribution in [0.3, 0.4) is 0 Å². The first-order valence-electron chi connectivity index (χ1n) is 13.1. The van der Waals surface area contributed by atoms with Gasteiger partial charge in [-0.15, -0.1) is 0 Å². The number of nitrogens with two attached hydrogens (primary N) is 1. The Morgan fingerprint density at radius 2 is 1.82 bits per heavy atom. The van der Waals surface area contributed by atoms with E-state index in [1.165, 1.54) is 17.8 Å². The Labute approximate surface area is 225 Å². The molecule has 0 bridgehead atoms. The van der Waals surface area contributed by atoms with Crippen molar-refractivity contribution < 1.29 is 28.1 Å². The Hall–Kier alpha value is -2.25. The number of nitrogens with one attached hydrogen (secondary N) is 2. The number of aromatic nitrogens is 2. The zero-order chi connectivity index (χ0) is 27.0. The quantitative estimate of drug-likeness (QED) is 0.242. The number of aliphatic hydroxyl groups excluding tert-OH is 1. The fourth-order valence-electron chi connectivity index (χ4n) is 5.19. The van der Waals surface area contributed by atoms with E-state index in [2.05, 4.69) is 22.5 Å². The van der Waals surface area contributed by atoms with E-state index in [1.54, 1.807) is 6.07 Å². The van der Waals surface area contributed by atoms with E-state index in [0.717, 1.165) is 30.2 Å². The van der Waals surface area contributed by atoms with E-state index < -0.39 is 17.4 Å². The SMILES string of the molecule is CCCSc1nc(NC2C[C@H](OCCO)[C@H]3OC(C)(C)O[C@@H]23)c(N)c(N[C@@H]2C[C@H]2c2ccc(F)c(F)c2)n1. The molecular weight excluding hydrogens is 516 g/mol. The van der Waals surface area contributed by atoms with E-state index >= 15 is 0 Å². The second kappa shape index (κ2) is 11.1. The van der Waals surface area contributed by atoms with Gasteiger partial charge in [0.05, 0.1) is 25.4 Å². The average molecular weight is 552 g/mol. The van der Waals surface area contributed by atoms with Crippen molar-refractivity contribution in [1.82, 2.24) is 9.97 Å². The first-order valence-corrected chi connectivity index (χ1v) is 14.0. The summed E-state index contributed by atoms with van der Waals surface area (Å²) in [6, 6.07) is 3.82. The minimum atomic E-state index is -0.856. The lowest BCUT2D eigenvalue weighted by atomic mass is 10.1. The van der Waals surface area contributed by atoms with Gasteiger partial charge in [0.1, 0.15) is 17.9 Å². The first kappa shape index (κ1) is 27.3. The molecule has 1 unspecified atom stereocenters. The van der Waals surface area contributed by atoms with Gasteiger partial charge in [0, 0.05) is 17.7 Å². The van der Waals surface area contributed by atoms with Crippen LogP contribution < -0.4 is 16.4 Å². The highest BCUT2D eigenvalue weighted by molar-refractivity contribution is 7.99. The maximum atomic E-state index is 13.8. The molecule has 3 fully saturated rings. The van der Waals surface area contributed by atoms with Crippen LogP contribution in [0.25, 0.3) is 0 Å². The molecule has 2 aromatic rings. The van der Waals surface area contributed by atoms with Gasteiger partial charge in [0.15, 0.2) is 34.2 Å². The summed E-state index contributed by atoms with van der Waals surface area (Å²) in [5.74, 6) is -0.589. The maximum absolute atomic E-state index is 13.8. The number of benzene rings is 1. The predicted molar refractivity (Wildman–Crippen MR) is 141 cm³/mol. The summed E-state index contributed by atoms with van der Waals surface area (Å²) >= 11 is 1.54. The van der Waals surface area contributed by atoms with Crippen molar-refractivity contribution in [1.29, 1.82) is 0 Å². The fraction of sp³-hybridized carbons (Fsp3) is 0.615. The first-order chi connectivity index (χ1) is 18.2. The van der Waals surface area contributed by atoms with Gasteiger partial charge in [-0.05, 0) is 50.8 Å². The largest absolute Gasteiger partial charge is 0.394 e. The Bertz CT molecular complexity index is 1160. The molecule has 0 spiro atoms. The van der Waals surface area contributed by atoms with Gasteiger partial charge in [-0.1, -0.05) is 24.8 Å². The van der Waals surface area contributed by atoms with Crippen LogP contribution in [0.4, 0.5) is 26.1 Å². The number of aliphatic hydroxyl groups is 1. The highest BCUT2D eigenvalue weighted by atomic mass is 32.2. The number of fused-ring (bicyclic) bond motifs is 1. The van der Waals surface area contributed by atoms with E-state index in [4.69, 9.17) is 24.9 Å². The molecule has 0 amide bonds. The molecule has 1 aromatic heterocycles. The van der Waals surface area contributed by atoms with Crippen molar-refractivity contribution in [3.8, 4) is 0 Å². The predicted octanol–water partition coefficient (Wildman–Crippen LogP) is 3.89. The highest BCUT2D eigenvalue weighted by Crippen LogP contribution is 2.45. The molecule has 1 aliphatic heterocycles. The van der Waals surface area contributed by atoms with Crippen LogP contribution >= 0.6 is 11.8 Å². The van der Waals surface area contributed by atoms with Crippen LogP contribution in [0.1, 0.15) is 51.5 Å². The number of nitrogen functional groups attached to an aromatic ring is 1. The molecular formula is C26H35F2N5O4S. The van der Waals surface area contributed by atoms with Gasteiger partial charge in [-0.2, -0.15) is 0 Å². The molecule has 38 heavy (non-hydrogen) atoms. The van der Waals surface area contributed by atoms with Gasteiger partial charge in [0.25, 0.3) is 0 Å². The molecule has 3 aliphatic rings. The minimum absolute atomic E-state index is 0.00609. The van der Waals surface area contributed by atoms with Crippen LogP contribution in [0.15, 0.2) is 23.4 Å². The number of thioether (sulfide) groups is 1. The summed E-state index contributed by atoms with van der Waals surface area (Å²) in [5.41, 5.74) is 7.67. The summed E-state index contributed by atoms with van der Waals surface area (Å²) in [6.07, 6.45) is 1.49. The van der Waals surface area contributed by atoms with Crippen molar-refractivity contribution in [2.75, 3.05) is 35.3 Å². The summed E-state index contributed by atoms with van der Waals surface area (Å²) < 4.78 is 45.3. The van der Waals surface area contributed by atoms with Gasteiger partial charge in [-0.25, -0.2) is 18.7 Å². The lowest BCUT2D eigenvalue weighted by molar-refractivity contribution is -0.167. The molecule has 1 aromatic carbocycles. The van der Waals surface area contributed by atoms with Crippen molar-refractivity contribution >= 4 is 29.1 Å². The van der Waals surface area contributed by atoms with Gasteiger partial charge in [0.2, 0.25) is 0 Å². The second-order valence-electron chi connectivity index (χ2n) is 10.4. The molecule has 1 saturated heterocycles.